The number of fused-ring (bicyclic) bond motifs is 2. The highest BCUT2D eigenvalue weighted by molar-refractivity contribution is 9.13. The van der Waals surface area contributed by atoms with Gasteiger partial charge in [-0.1, -0.05) is 17.7 Å². The number of aryl methyl sites for hydroxylation is 1. The van der Waals surface area contributed by atoms with Crippen LogP contribution in [0.1, 0.15) is 23.7 Å². The fourth-order valence-electron chi connectivity index (χ4n) is 3.23. The number of sulfonamides is 1. The first kappa shape index (κ1) is 18.0. The van der Waals surface area contributed by atoms with Crippen molar-refractivity contribution in [3.05, 3.63) is 67.2 Å². The van der Waals surface area contributed by atoms with Crippen LogP contribution in [0.25, 0.3) is 5.52 Å². The van der Waals surface area contributed by atoms with Crippen molar-refractivity contribution in [2.24, 2.45) is 0 Å². The molecule has 2 aromatic heterocycles. The summed E-state index contributed by atoms with van der Waals surface area (Å²) in [6.45, 7) is 2.38. The highest BCUT2D eigenvalue weighted by Gasteiger charge is 2.30. The Hall–Kier alpha value is -1.42. The Morgan fingerprint density at radius 2 is 1.88 bits per heavy atom. The lowest BCUT2D eigenvalue weighted by molar-refractivity contribution is 0.553. The number of halogens is 2. The Balaban J connectivity index is 1.76. The van der Waals surface area contributed by atoms with Crippen LogP contribution in [-0.4, -0.2) is 17.4 Å². The lowest BCUT2D eigenvalue weighted by Gasteiger charge is -2.15. The fourth-order valence-corrected chi connectivity index (χ4v) is 5.28. The van der Waals surface area contributed by atoms with Gasteiger partial charge in [0.2, 0.25) is 10.0 Å². The number of aromatic nitrogens is 2. The number of benzene rings is 1. The summed E-state index contributed by atoms with van der Waals surface area (Å²) in [6.07, 6.45) is 2.34. The Kier molecular flexibility index (Phi) is 4.37. The van der Waals surface area contributed by atoms with Crippen molar-refractivity contribution < 1.29 is 8.42 Å². The molecular weight excluding hydrogens is 486 g/mol. The van der Waals surface area contributed by atoms with E-state index in [2.05, 4.69) is 36.6 Å². The van der Waals surface area contributed by atoms with E-state index in [0.29, 0.717) is 24.2 Å². The van der Waals surface area contributed by atoms with Crippen molar-refractivity contribution in [1.29, 1.82) is 0 Å². The van der Waals surface area contributed by atoms with Crippen molar-refractivity contribution in [2.45, 2.75) is 30.8 Å². The Labute approximate surface area is 167 Å². The summed E-state index contributed by atoms with van der Waals surface area (Å²) in [4.78, 5) is 12.9. The van der Waals surface area contributed by atoms with Crippen LogP contribution in [0, 0.1) is 6.92 Å². The summed E-state index contributed by atoms with van der Waals surface area (Å²) in [5.41, 5.74) is 2.05. The molecule has 0 fully saturated rings. The lowest BCUT2D eigenvalue weighted by Crippen LogP contribution is -2.29. The van der Waals surface area contributed by atoms with E-state index in [0.717, 1.165) is 14.6 Å². The molecule has 0 aliphatic carbocycles. The molecule has 0 spiro atoms. The second-order valence-corrected chi connectivity index (χ2v) is 9.64. The Bertz CT molecular complexity index is 1180. The van der Waals surface area contributed by atoms with Crippen LogP contribution in [-0.2, 0) is 16.6 Å². The van der Waals surface area contributed by atoms with Crippen LogP contribution < -0.4 is 10.3 Å². The first-order valence-electron chi connectivity index (χ1n) is 7.97. The Morgan fingerprint density at radius 3 is 2.58 bits per heavy atom. The van der Waals surface area contributed by atoms with E-state index in [1.54, 1.807) is 45.5 Å². The molecular formula is C17H15Br2N3O3S. The van der Waals surface area contributed by atoms with E-state index in [1.807, 2.05) is 6.92 Å². The summed E-state index contributed by atoms with van der Waals surface area (Å²) >= 11 is 6.85. The SMILES string of the molecule is Cc1ccc(S(=O)(=O)NC2CCn3c2cn2c(Br)c(Br)cc2c3=O)cc1. The predicted molar refractivity (Wildman–Crippen MR) is 106 cm³/mol. The standard InChI is InChI=1S/C17H15Br2N3O3S/c1-10-2-4-11(5-3-10)26(24,25)20-13-6-7-21-15(13)9-22-14(17(21)23)8-12(18)16(22)19/h2-5,8-9,13,20H,6-7H2,1H3. The first-order valence-corrected chi connectivity index (χ1v) is 11.0. The maximum Gasteiger partial charge on any atom is 0.275 e. The van der Waals surface area contributed by atoms with Crippen LogP contribution >= 0.6 is 31.9 Å². The molecule has 9 heteroatoms. The van der Waals surface area contributed by atoms with Crippen LogP contribution in [0.4, 0.5) is 0 Å². The molecule has 0 saturated heterocycles. The van der Waals surface area contributed by atoms with E-state index in [1.165, 1.54) is 0 Å². The van der Waals surface area contributed by atoms with Gasteiger partial charge in [0.25, 0.3) is 5.56 Å². The van der Waals surface area contributed by atoms with E-state index in [9.17, 15) is 13.2 Å². The summed E-state index contributed by atoms with van der Waals surface area (Å²) in [5, 5.41) is 0. The van der Waals surface area contributed by atoms with Gasteiger partial charge in [0.05, 0.1) is 21.1 Å². The molecule has 1 aliphatic rings. The molecule has 3 heterocycles. The number of hydrogen-bond acceptors (Lipinski definition) is 3. The van der Waals surface area contributed by atoms with Crippen LogP contribution in [0.3, 0.4) is 0 Å². The molecule has 1 atom stereocenters. The van der Waals surface area contributed by atoms with E-state index < -0.39 is 16.1 Å². The second kappa shape index (κ2) is 6.33. The third-order valence-electron chi connectivity index (χ3n) is 4.60. The Morgan fingerprint density at radius 1 is 1.19 bits per heavy atom. The minimum atomic E-state index is -3.67. The van der Waals surface area contributed by atoms with E-state index >= 15 is 0 Å². The van der Waals surface area contributed by atoms with Crippen LogP contribution in [0.5, 0.6) is 0 Å². The predicted octanol–water partition coefficient (Wildman–Crippen LogP) is 3.36. The third-order valence-corrected chi connectivity index (χ3v) is 8.03. The molecule has 136 valence electrons. The molecule has 26 heavy (non-hydrogen) atoms. The monoisotopic (exact) mass is 499 g/mol. The molecule has 4 rings (SSSR count). The average molecular weight is 501 g/mol. The third kappa shape index (κ3) is 2.87. The van der Waals surface area contributed by atoms with Gasteiger partial charge in [0.1, 0.15) is 10.1 Å². The minimum absolute atomic E-state index is 0.133. The number of nitrogens with one attached hydrogen (secondary N) is 1. The van der Waals surface area contributed by atoms with Gasteiger partial charge >= 0.3 is 0 Å². The summed E-state index contributed by atoms with van der Waals surface area (Å²) in [5.74, 6) is 0. The number of rotatable bonds is 3. The van der Waals surface area contributed by atoms with Gasteiger partial charge in [-0.25, -0.2) is 13.1 Å². The molecule has 3 aromatic rings. The van der Waals surface area contributed by atoms with Gasteiger partial charge in [-0.05, 0) is 63.4 Å². The topological polar surface area (TPSA) is 72.6 Å². The van der Waals surface area contributed by atoms with Crippen molar-refractivity contribution in [2.75, 3.05) is 0 Å². The lowest BCUT2D eigenvalue weighted by atomic mass is 10.2. The zero-order chi connectivity index (χ0) is 18.6. The molecule has 0 bridgehead atoms. The summed E-state index contributed by atoms with van der Waals surface area (Å²) in [7, 11) is -3.67. The fraction of sp³-hybridized carbons (Fsp3) is 0.235. The van der Waals surface area contributed by atoms with Crippen LogP contribution in [0.15, 0.2) is 55.3 Å². The maximum absolute atomic E-state index is 12.7. The maximum atomic E-state index is 12.7. The van der Waals surface area contributed by atoms with E-state index in [-0.39, 0.29) is 10.5 Å². The van der Waals surface area contributed by atoms with Crippen molar-refractivity contribution in [3.63, 3.8) is 0 Å². The molecule has 1 unspecified atom stereocenters. The molecule has 6 nitrogen and oxygen atoms in total. The van der Waals surface area contributed by atoms with Gasteiger partial charge in [-0.15, -0.1) is 0 Å². The van der Waals surface area contributed by atoms with E-state index in [4.69, 9.17) is 0 Å². The molecule has 0 amide bonds. The molecule has 1 aromatic carbocycles. The number of nitrogens with zero attached hydrogens (tertiary/aromatic N) is 2. The largest absolute Gasteiger partial charge is 0.308 e. The van der Waals surface area contributed by atoms with Gasteiger partial charge in [-0.3, -0.25) is 4.79 Å². The van der Waals surface area contributed by atoms with Gasteiger partial charge in [-0.2, -0.15) is 0 Å². The first-order chi connectivity index (χ1) is 12.3. The van der Waals surface area contributed by atoms with Crippen molar-refractivity contribution >= 4 is 47.4 Å². The quantitative estimate of drug-likeness (QED) is 0.599. The average Bonchev–Trinajstić information content (AvgIpc) is 3.11. The summed E-state index contributed by atoms with van der Waals surface area (Å²) in [6, 6.07) is 8.00. The molecule has 0 saturated carbocycles. The molecule has 0 radical (unpaired) electrons. The summed E-state index contributed by atoms with van der Waals surface area (Å²) < 4.78 is 33.0. The highest BCUT2D eigenvalue weighted by Crippen LogP contribution is 2.30. The second-order valence-electron chi connectivity index (χ2n) is 6.32. The zero-order valence-electron chi connectivity index (χ0n) is 13.7. The zero-order valence-corrected chi connectivity index (χ0v) is 17.7. The van der Waals surface area contributed by atoms with Gasteiger partial charge in [0, 0.05) is 12.7 Å². The minimum Gasteiger partial charge on any atom is -0.308 e. The van der Waals surface area contributed by atoms with Crippen molar-refractivity contribution in [1.82, 2.24) is 13.7 Å². The number of hydrogen-bond donors (Lipinski definition) is 1. The van der Waals surface area contributed by atoms with Gasteiger partial charge in [0.15, 0.2) is 0 Å². The molecule has 1 aliphatic heterocycles. The van der Waals surface area contributed by atoms with Crippen molar-refractivity contribution in [3.8, 4) is 0 Å². The van der Waals surface area contributed by atoms with Crippen LogP contribution in [0.2, 0.25) is 0 Å². The smallest absolute Gasteiger partial charge is 0.275 e. The molecule has 1 N–H and O–H groups in total. The normalized spacial score (nSPS) is 17.0. The van der Waals surface area contributed by atoms with Gasteiger partial charge < -0.3 is 8.97 Å². The highest BCUT2D eigenvalue weighted by atomic mass is 79.9.